The van der Waals surface area contributed by atoms with Gasteiger partial charge in [-0.15, -0.1) is 0 Å². The number of hydrogen-bond acceptors (Lipinski definition) is 1. The summed E-state index contributed by atoms with van der Waals surface area (Å²) in [5.41, 5.74) is 2.15. The average Bonchev–Trinajstić information content (AvgIpc) is 2.00. The Balaban J connectivity index is 3.20. The summed E-state index contributed by atoms with van der Waals surface area (Å²) in [5, 5.41) is 9.24. The van der Waals surface area contributed by atoms with E-state index in [0.717, 1.165) is 14.7 Å². The third-order valence-corrected chi connectivity index (χ3v) is 3.33. The van der Waals surface area contributed by atoms with Gasteiger partial charge in [0.15, 0.2) is 0 Å². The molecule has 0 aliphatic carbocycles. The molecule has 62 valence electrons. The van der Waals surface area contributed by atoms with Gasteiger partial charge < -0.3 is 0 Å². The summed E-state index contributed by atoms with van der Waals surface area (Å²) >= 11 is 8.08. The van der Waals surface area contributed by atoms with E-state index in [1.54, 1.807) is 0 Å². The van der Waals surface area contributed by atoms with Crippen molar-refractivity contribution in [2.45, 2.75) is 13.3 Å². The monoisotopic (exact) mass is 291 g/mol. The molecule has 0 unspecified atom stereocenters. The smallest absolute Gasteiger partial charge is 0.0670 e. The van der Waals surface area contributed by atoms with Gasteiger partial charge in [-0.3, -0.25) is 0 Å². The molecule has 12 heavy (non-hydrogen) atoms. The normalized spacial score (nSPS) is 9.50. The standard InChI is InChI=1S/C9H7ClIN/c1-6-4-8(10)5-7(2-3-12)9(6)11/h4-5H,2H2,1H3. The molecule has 0 amide bonds. The second-order valence-corrected chi connectivity index (χ2v) is 4.05. The summed E-state index contributed by atoms with van der Waals surface area (Å²) < 4.78 is 1.14. The van der Waals surface area contributed by atoms with Crippen LogP contribution in [0.2, 0.25) is 5.02 Å². The number of rotatable bonds is 1. The van der Waals surface area contributed by atoms with E-state index in [1.165, 1.54) is 0 Å². The number of nitrogens with zero attached hydrogens (tertiary/aromatic N) is 1. The van der Waals surface area contributed by atoms with Crippen LogP contribution in [0, 0.1) is 21.8 Å². The van der Waals surface area contributed by atoms with Crippen LogP contribution in [0.4, 0.5) is 0 Å². The minimum Gasteiger partial charge on any atom is -0.198 e. The first-order valence-corrected chi connectivity index (χ1v) is 4.92. The second kappa shape index (κ2) is 4.11. The molecule has 0 N–H and O–H groups in total. The topological polar surface area (TPSA) is 23.8 Å². The molecule has 0 aromatic heterocycles. The molecular weight excluding hydrogens is 284 g/mol. The molecule has 0 aliphatic rings. The fraction of sp³-hybridized carbons (Fsp3) is 0.222. The van der Waals surface area contributed by atoms with Crippen molar-refractivity contribution in [3.63, 3.8) is 0 Å². The molecule has 1 aromatic rings. The van der Waals surface area contributed by atoms with E-state index in [9.17, 15) is 0 Å². The highest BCUT2D eigenvalue weighted by Crippen LogP contribution is 2.22. The van der Waals surface area contributed by atoms with E-state index in [0.29, 0.717) is 11.4 Å². The van der Waals surface area contributed by atoms with Crippen molar-refractivity contribution in [3.05, 3.63) is 31.9 Å². The molecule has 0 spiro atoms. The van der Waals surface area contributed by atoms with Crippen LogP contribution in [0.3, 0.4) is 0 Å². The van der Waals surface area contributed by atoms with Crippen LogP contribution < -0.4 is 0 Å². The van der Waals surface area contributed by atoms with Gasteiger partial charge in [-0.05, 0) is 52.8 Å². The van der Waals surface area contributed by atoms with E-state index in [4.69, 9.17) is 16.9 Å². The maximum absolute atomic E-state index is 8.53. The van der Waals surface area contributed by atoms with Crippen molar-refractivity contribution in [3.8, 4) is 6.07 Å². The maximum Gasteiger partial charge on any atom is 0.0670 e. The van der Waals surface area contributed by atoms with Gasteiger partial charge in [-0.1, -0.05) is 11.6 Å². The van der Waals surface area contributed by atoms with E-state index >= 15 is 0 Å². The van der Waals surface area contributed by atoms with Crippen LogP contribution in [0.1, 0.15) is 11.1 Å². The Morgan fingerprint density at radius 2 is 2.25 bits per heavy atom. The Kier molecular flexibility index (Phi) is 3.36. The molecular formula is C9H7ClIN. The van der Waals surface area contributed by atoms with Gasteiger partial charge in [0, 0.05) is 8.59 Å². The van der Waals surface area contributed by atoms with Crippen LogP contribution in [-0.2, 0) is 6.42 Å². The van der Waals surface area contributed by atoms with Gasteiger partial charge in [-0.2, -0.15) is 5.26 Å². The van der Waals surface area contributed by atoms with Crippen molar-refractivity contribution in [1.29, 1.82) is 5.26 Å². The fourth-order valence-electron chi connectivity index (χ4n) is 1.01. The lowest BCUT2D eigenvalue weighted by atomic mass is 10.1. The molecule has 1 aromatic carbocycles. The van der Waals surface area contributed by atoms with Crippen molar-refractivity contribution >= 4 is 34.2 Å². The third-order valence-electron chi connectivity index (χ3n) is 1.56. The Hall–Kier alpha value is -0.270. The van der Waals surface area contributed by atoms with Gasteiger partial charge >= 0.3 is 0 Å². The Morgan fingerprint density at radius 3 is 2.83 bits per heavy atom. The number of halogens is 2. The van der Waals surface area contributed by atoms with E-state index in [-0.39, 0.29) is 0 Å². The molecule has 3 heteroatoms. The van der Waals surface area contributed by atoms with Crippen molar-refractivity contribution in [2.75, 3.05) is 0 Å². The molecule has 1 rings (SSSR count). The number of aryl methyl sites for hydroxylation is 1. The second-order valence-electron chi connectivity index (χ2n) is 2.53. The lowest BCUT2D eigenvalue weighted by Gasteiger charge is -2.04. The average molecular weight is 292 g/mol. The van der Waals surface area contributed by atoms with Crippen LogP contribution in [0.15, 0.2) is 12.1 Å². The lowest BCUT2D eigenvalue weighted by molar-refractivity contribution is 1.22. The van der Waals surface area contributed by atoms with E-state index in [2.05, 4.69) is 28.7 Å². The SMILES string of the molecule is Cc1cc(Cl)cc(CC#N)c1I. The maximum atomic E-state index is 8.53. The number of hydrogen-bond donors (Lipinski definition) is 0. The highest BCUT2D eigenvalue weighted by Gasteiger charge is 2.03. The number of benzene rings is 1. The minimum absolute atomic E-state index is 0.430. The van der Waals surface area contributed by atoms with Crippen molar-refractivity contribution in [2.24, 2.45) is 0 Å². The predicted molar refractivity (Wildman–Crippen MR) is 58.2 cm³/mol. The summed E-state index contributed by atoms with van der Waals surface area (Å²) in [6, 6.07) is 5.87. The summed E-state index contributed by atoms with van der Waals surface area (Å²) in [4.78, 5) is 0. The molecule has 0 atom stereocenters. The third kappa shape index (κ3) is 2.11. The number of nitriles is 1. The first-order valence-electron chi connectivity index (χ1n) is 3.46. The summed E-state index contributed by atoms with van der Waals surface area (Å²) in [5.74, 6) is 0. The van der Waals surface area contributed by atoms with Gasteiger partial charge in [0.05, 0.1) is 12.5 Å². The van der Waals surface area contributed by atoms with Gasteiger partial charge in [0.2, 0.25) is 0 Å². The predicted octanol–water partition coefficient (Wildman–Crippen LogP) is 3.32. The highest BCUT2D eigenvalue weighted by atomic mass is 127. The zero-order chi connectivity index (χ0) is 9.14. The molecule has 0 aliphatic heterocycles. The molecule has 0 bridgehead atoms. The Morgan fingerprint density at radius 1 is 1.58 bits per heavy atom. The zero-order valence-electron chi connectivity index (χ0n) is 6.56. The van der Waals surface area contributed by atoms with Gasteiger partial charge in [0.25, 0.3) is 0 Å². The van der Waals surface area contributed by atoms with Crippen molar-refractivity contribution in [1.82, 2.24) is 0 Å². The van der Waals surface area contributed by atoms with Crippen molar-refractivity contribution < 1.29 is 0 Å². The Labute approximate surface area is 90.5 Å². The van der Waals surface area contributed by atoms with Crippen LogP contribution in [0.5, 0.6) is 0 Å². The van der Waals surface area contributed by atoms with E-state index in [1.807, 2.05) is 19.1 Å². The quantitative estimate of drug-likeness (QED) is 0.728. The van der Waals surface area contributed by atoms with Crippen LogP contribution >= 0.6 is 34.2 Å². The molecule has 0 radical (unpaired) electrons. The molecule has 0 saturated carbocycles. The molecule has 1 nitrogen and oxygen atoms in total. The largest absolute Gasteiger partial charge is 0.198 e. The fourth-order valence-corrected chi connectivity index (χ4v) is 1.81. The zero-order valence-corrected chi connectivity index (χ0v) is 9.48. The van der Waals surface area contributed by atoms with Gasteiger partial charge in [0.1, 0.15) is 0 Å². The highest BCUT2D eigenvalue weighted by molar-refractivity contribution is 14.1. The first-order chi connectivity index (χ1) is 5.65. The molecule has 0 saturated heterocycles. The van der Waals surface area contributed by atoms with Gasteiger partial charge in [-0.25, -0.2) is 0 Å². The molecule has 0 heterocycles. The lowest BCUT2D eigenvalue weighted by Crippen LogP contribution is -1.90. The summed E-state index contributed by atoms with van der Waals surface area (Å²) in [7, 11) is 0. The Bertz CT molecular complexity index is 341. The van der Waals surface area contributed by atoms with Crippen LogP contribution in [-0.4, -0.2) is 0 Å². The summed E-state index contributed by atoms with van der Waals surface area (Å²) in [6.07, 6.45) is 0.430. The first kappa shape index (κ1) is 9.82. The molecule has 0 fully saturated rings. The van der Waals surface area contributed by atoms with Crippen LogP contribution in [0.25, 0.3) is 0 Å². The minimum atomic E-state index is 0.430. The van der Waals surface area contributed by atoms with E-state index < -0.39 is 0 Å². The summed E-state index contributed by atoms with van der Waals surface area (Å²) in [6.45, 7) is 1.99.